The topological polar surface area (TPSA) is 79.6 Å². The molecule has 0 aliphatic rings. The van der Waals surface area contributed by atoms with Crippen LogP contribution in [0.5, 0.6) is 0 Å². The van der Waals surface area contributed by atoms with E-state index in [1.54, 1.807) is 39.0 Å². The number of aryl methyl sites for hydroxylation is 1. The van der Waals surface area contributed by atoms with Gasteiger partial charge in [-0.1, -0.05) is 0 Å². The van der Waals surface area contributed by atoms with Crippen molar-refractivity contribution in [3.63, 3.8) is 0 Å². The first-order chi connectivity index (χ1) is 11.1. The highest BCUT2D eigenvalue weighted by Crippen LogP contribution is 2.24. The molecule has 0 saturated heterocycles. The molecule has 1 aromatic heterocycles. The molecule has 0 aliphatic carbocycles. The number of sulfonamides is 1. The number of carbonyl (C=O) groups excluding carboxylic acids is 1. The zero-order valence-corrected chi connectivity index (χ0v) is 15.3. The SMILES string of the molecule is Cc1cc(C(=O)N[C@H](C)c2ccco2)cc(S(=O)(=O)N(C)C)c1C. The maximum absolute atomic E-state index is 12.5. The second kappa shape index (κ2) is 6.78. The predicted molar refractivity (Wildman–Crippen MR) is 91.4 cm³/mol. The fourth-order valence-corrected chi connectivity index (χ4v) is 3.53. The molecule has 0 spiro atoms. The Morgan fingerprint density at radius 1 is 1.25 bits per heavy atom. The zero-order valence-electron chi connectivity index (χ0n) is 14.5. The molecule has 1 N–H and O–H groups in total. The van der Waals surface area contributed by atoms with Crippen molar-refractivity contribution in [1.82, 2.24) is 9.62 Å². The molecule has 1 heterocycles. The Balaban J connectivity index is 2.38. The second-order valence-electron chi connectivity index (χ2n) is 5.91. The van der Waals surface area contributed by atoms with Crippen LogP contribution in [-0.4, -0.2) is 32.7 Å². The van der Waals surface area contributed by atoms with E-state index in [0.717, 1.165) is 9.87 Å². The summed E-state index contributed by atoms with van der Waals surface area (Å²) in [6.45, 7) is 5.32. The number of nitrogens with zero attached hydrogens (tertiary/aromatic N) is 1. The van der Waals surface area contributed by atoms with Crippen molar-refractivity contribution in [2.75, 3.05) is 14.1 Å². The maximum Gasteiger partial charge on any atom is 0.251 e. The van der Waals surface area contributed by atoms with Crippen molar-refractivity contribution in [1.29, 1.82) is 0 Å². The lowest BCUT2D eigenvalue weighted by Crippen LogP contribution is -2.28. The third-order valence-corrected chi connectivity index (χ3v) is 5.90. The molecule has 1 amide bonds. The van der Waals surface area contributed by atoms with Crippen LogP contribution in [0.15, 0.2) is 39.8 Å². The van der Waals surface area contributed by atoms with Crippen LogP contribution in [-0.2, 0) is 10.0 Å². The van der Waals surface area contributed by atoms with Gasteiger partial charge < -0.3 is 9.73 Å². The monoisotopic (exact) mass is 350 g/mol. The van der Waals surface area contributed by atoms with Gasteiger partial charge in [0.2, 0.25) is 10.0 Å². The maximum atomic E-state index is 12.5. The van der Waals surface area contributed by atoms with Crippen LogP contribution in [0.4, 0.5) is 0 Å². The van der Waals surface area contributed by atoms with Crippen molar-refractivity contribution < 1.29 is 17.6 Å². The number of carbonyl (C=O) groups is 1. The Hall–Kier alpha value is -2.12. The van der Waals surface area contributed by atoms with Gasteiger partial charge in [0, 0.05) is 19.7 Å². The van der Waals surface area contributed by atoms with Crippen LogP contribution in [0.3, 0.4) is 0 Å². The molecule has 130 valence electrons. The number of rotatable bonds is 5. The number of furan rings is 1. The minimum absolute atomic E-state index is 0.142. The highest BCUT2D eigenvalue weighted by atomic mass is 32.2. The fourth-order valence-electron chi connectivity index (χ4n) is 2.31. The lowest BCUT2D eigenvalue weighted by Gasteiger charge is -2.17. The Kier molecular flexibility index (Phi) is 5.15. The summed E-state index contributed by atoms with van der Waals surface area (Å²) in [5.41, 5.74) is 1.69. The first-order valence-electron chi connectivity index (χ1n) is 7.52. The van der Waals surface area contributed by atoms with Gasteiger partial charge in [-0.15, -0.1) is 0 Å². The molecule has 24 heavy (non-hydrogen) atoms. The van der Waals surface area contributed by atoms with Gasteiger partial charge in [-0.25, -0.2) is 12.7 Å². The summed E-state index contributed by atoms with van der Waals surface area (Å²) < 4.78 is 31.3. The molecular weight excluding hydrogens is 328 g/mol. The van der Waals surface area contributed by atoms with Gasteiger partial charge in [-0.2, -0.15) is 0 Å². The molecule has 6 nitrogen and oxygen atoms in total. The van der Waals surface area contributed by atoms with E-state index in [2.05, 4.69) is 5.32 Å². The average Bonchev–Trinajstić information content (AvgIpc) is 3.03. The van der Waals surface area contributed by atoms with Gasteiger partial charge >= 0.3 is 0 Å². The van der Waals surface area contributed by atoms with E-state index < -0.39 is 10.0 Å². The average molecular weight is 350 g/mol. The summed E-state index contributed by atoms with van der Waals surface area (Å²) >= 11 is 0. The molecule has 1 atom stereocenters. The van der Waals surface area contributed by atoms with Crippen LogP contribution in [0.2, 0.25) is 0 Å². The standard InChI is InChI=1S/C17H22N2O4S/c1-11-9-14(10-16(12(11)2)24(21,22)19(4)5)17(20)18-13(3)15-7-6-8-23-15/h6-10,13H,1-5H3,(H,18,20)/t13-/m1/s1. The van der Waals surface area contributed by atoms with Gasteiger partial charge in [0.25, 0.3) is 5.91 Å². The molecule has 0 fully saturated rings. The van der Waals surface area contributed by atoms with Crippen molar-refractivity contribution in [3.8, 4) is 0 Å². The smallest absolute Gasteiger partial charge is 0.251 e. The summed E-state index contributed by atoms with van der Waals surface area (Å²) in [5, 5.41) is 2.81. The van der Waals surface area contributed by atoms with Crippen LogP contribution in [0, 0.1) is 13.8 Å². The van der Waals surface area contributed by atoms with Crippen LogP contribution >= 0.6 is 0 Å². The van der Waals surface area contributed by atoms with Gasteiger partial charge in [0.05, 0.1) is 17.2 Å². The van der Waals surface area contributed by atoms with Crippen LogP contribution < -0.4 is 5.32 Å². The lowest BCUT2D eigenvalue weighted by molar-refractivity contribution is 0.0935. The quantitative estimate of drug-likeness (QED) is 0.899. The predicted octanol–water partition coefficient (Wildman–Crippen LogP) is 2.64. The molecule has 7 heteroatoms. The number of hydrogen-bond donors (Lipinski definition) is 1. The minimum atomic E-state index is -3.62. The number of amides is 1. The fraction of sp³-hybridized carbons (Fsp3) is 0.353. The molecule has 1 aromatic carbocycles. The van der Waals surface area contributed by atoms with Crippen molar-refractivity contribution in [2.24, 2.45) is 0 Å². The third-order valence-electron chi connectivity index (χ3n) is 3.96. The first kappa shape index (κ1) is 18.2. The summed E-state index contributed by atoms with van der Waals surface area (Å²) in [6, 6.07) is 6.31. The molecule has 0 aliphatic heterocycles. The van der Waals surface area contributed by atoms with E-state index >= 15 is 0 Å². The highest BCUT2D eigenvalue weighted by molar-refractivity contribution is 7.89. The number of hydrogen-bond acceptors (Lipinski definition) is 4. The largest absolute Gasteiger partial charge is 0.467 e. The van der Waals surface area contributed by atoms with E-state index in [1.165, 1.54) is 26.4 Å². The van der Waals surface area contributed by atoms with E-state index in [4.69, 9.17) is 4.42 Å². The summed E-state index contributed by atoms with van der Waals surface area (Å²) in [6.07, 6.45) is 1.54. The van der Waals surface area contributed by atoms with E-state index in [0.29, 0.717) is 16.9 Å². The summed E-state index contributed by atoms with van der Waals surface area (Å²) in [4.78, 5) is 12.6. The Morgan fingerprint density at radius 3 is 2.46 bits per heavy atom. The minimum Gasteiger partial charge on any atom is -0.467 e. The molecule has 0 saturated carbocycles. The van der Waals surface area contributed by atoms with Gasteiger partial charge in [-0.05, 0) is 56.2 Å². The summed E-state index contributed by atoms with van der Waals surface area (Å²) in [7, 11) is -0.687. The van der Waals surface area contributed by atoms with Crippen LogP contribution in [0.25, 0.3) is 0 Å². The highest BCUT2D eigenvalue weighted by Gasteiger charge is 2.23. The molecule has 2 rings (SSSR count). The third kappa shape index (κ3) is 3.52. The zero-order chi connectivity index (χ0) is 18.1. The van der Waals surface area contributed by atoms with Crippen LogP contribution in [0.1, 0.15) is 40.2 Å². The lowest BCUT2D eigenvalue weighted by atomic mass is 10.1. The normalized spacial score (nSPS) is 13.1. The van der Waals surface area contributed by atoms with E-state index in [1.807, 2.05) is 0 Å². The number of nitrogens with one attached hydrogen (secondary N) is 1. The van der Waals surface area contributed by atoms with Crippen molar-refractivity contribution in [3.05, 3.63) is 53.0 Å². The molecule has 0 unspecified atom stereocenters. The van der Waals surface area contributed by atoms with E-state index in [-0.39, 0.29) is 16.8 Å². The van der Waals surface area contributed by atoms with Gasteiger partial charge in [0.15, 0.2) is 0 Å². The first-order valence-corrected chi connectivity index (χ1v) is 8.96. The molecular formula is C17H22N2O4S. The Morgan fingerprint density at radius 2 is 1.92 bits per heavy atom. The number of benzene rings is 1. The Labute approximate surface area is 142 Å². The van der Waals surface area contributed by atoms with E-state index in [9.17, 15) is 13.2 Å². The summed E-state index contributed by atoms with van der Waals surface area (Å²) in [5.74, 6) is 0.283. The Bertz CT molecular complexity index is 840. The van der Waals surface area contributed by atoms with Crippen molar-refractivity contribution >= 4 is 15.9 Å². The van der Waals surface area contributed by atoms with Crippen molar-refractivity contribution in [2.45, 2.75) is 31.7 Å². The van der Waals surface area contributed by atoms with Gasteiger partial charge in [-0.3, -0.25) is 4.79 Å². The van der Waals surface area contributed by atoms with Gasteiger partial charge in [0.1, 0.15) is 5.76 Å². The molecule has 0 bridgehead atoms. The molecule has 0 radical (unpaired) electrons. The second-order valence-corrected chi connectivity index (χ2v) is 8.03. The molecule has 2 aromatic rings.